The molecule has 2 N–H and O–H groups in total. The topological polar surface area (TPSA) is 90.0 Å². The molecule has 0 spiro atoms. The Bertz CT molecular complexity index is 511. The lowest BCUT2D eigenvalue weighted by atomic mass is 9.88. The third kappa shape index (κ3) is 6.79. The van der Waals surface area contributed by atoms with Gasteiger partial charge < -0.3 is 15.3 Å². The van der Waals surface area contributed by atoms with E-state index in [1.54, 1.807) is 0 Å². The molecule has 1 aliphatic heterocycles. The minimum atomic E-state index is -0.808. The second-order valence-corrected chi connectivity index (χ2v) is 8.02. The first-order chi connectivity index (χ1) is 12.9. The zero-order chi connectivity index (χ0) is 19.8. The van der Waals surface area contributed by atoms with Gasteiger partial charge in [0.05, 0.1) is 6.54 Å². The van der Waals surface area contributed by atoms with Crippen LogP contribution in [0.4, 0.5) is 0 Å². The highest BCUT2D eigenvalue weighted by molar-refractivity contribution is 5.81. The second kappa shape index (κ2) is 10.6. The van der Waals surface area contributed by atoms with Crippen molar-refractivity contribution in [3.8, 4) is 0 Å². The summed E-state index contributed by atoms with van der Waals surface area (Å²) in [6, 6.07) is 0.0716. The molecule has 1 aliphatic carbocycles. The van der Waals surface area contributed by atoms with Crippen molar-refractivity contribution in [3.63, 3.8) is 0 Å². The van der Waals surface area contributed by atoms with Crippen LogP contribution in [0.2, 0.25) is 0 Å². The average Bonchev–Trinajstić information content (AvgIpc) is 2.66. The monoisotopic (exact) mass is 381 g/mol. The van der Waals surface area contributed by atoms with E-state index in [0.717, 1.165) is 38.5 Å². The number of nitrogens with one attached hydrogen (secondary N) is 1. The zero-order valence-electron chi connectivity index (χ0n) is 16.8. The third-order valence-electron chi connectivity index (χ3n) is 5.92. The van der Waals surface area contributed by atoms with Gasteiger partial charge in [-0.3, -0.25) is 19.3 Å². The van der Waals surface area contributed by atoms with Crippen molar-refractivity contribution in [2.75, 3.05) is 26.2 Å². The number of hydrogen-bond donors (Lipinski definition) is 2. The van der Waals surface area contributed by atoms with Crippen molar-refractivity contribution >= 4 is 17.8 Å². The number of rotatable bonds is 8. The molecule has 2 rings (SSSR count). The van der Waals surface area contributed by atoms with Crippen LogP contribution >= 0.6 is 0 Å². The van der Waals surface area contributed by atoms with E-state index in [1.807, 2.05) is 23.6 Å². The summed E-state index contributed by atoms with van der Waals surface area (Å²) < 4.78 is 0. The molecule has 7 nitrogen and oxygen atoms in total. The Morgan fingerprint density at radius 2 is 1.74 bits per heavy atom. The lowest BCUT2D eigenvalue weighted by molar-refractivity contribution is -0.140. The number of carboxylic acids is 1. The van der Waals surface area contributed by atoms with Crippen LogP contribution in [0.15, 0.2) is 0 Å². The van der Waals surface area contributed by atoms with Crippen molar-refractivity contribution in [3.05, 3.63) is 0 Å². The summed E-state index contributed by atoms with van der Waals surface area (Å²) in [6.07, 6.45) is 7.32. The molecule has 0 radical (unpaired) electrons. The Morgan fingerprint density at radius 1 is 1.11 bits per heavy atom. The maximum atomic E-state index is 12.6. The maximum absolute atomic E-state index is 12.6. The molecular formula is C20H35N3O4. The van der Waals surface area contributed by atoms with Crippen LogP contribution in [0.25, 0.3) is 0 Å². The standard InChI is InChI=1S/C20H35N3O4/c1-3-22(14-19(25)26)17-9-11-23(12-10-17)18(24)13-15(2)21-20(27)16-7-5-4-6-8-16/h15-17H,3-14H2,1-2H3,(H,21,27)(H,25,26). The van der Waals surface area contributed by atoms with E-state index in [1.165, 1.54) is 6.42 Å². The molecule has 0 aromatic carbocycles. The number of aliphatic carboxylic acids is 1. The molecule has 0 aromatic heterocycles. The molecule has 1 heterocycles. The Labute approximate surface area is 162 Å². The highest BCUT2D eigenvalue weighted by Crippen LogP contribution is 2.24. The van der Waals surface area contributed by atoms with E-state index < -0.39 is 5.97 Å². The quantitative estimate of drug-likeness (QED) is 0.670. The Hall–Kier alpha value is -1.63. The van der Waals surface area contributed by atoms with Crippen molar-refractivity contribution in [2.24, 2.45) is 5.92 Å². The summed E-state index contributed by atoms with van der Waals surface area (Å²) in [6.45, 7) is 5.94. The van der Waals surface area contributed by atoms with E-state index >= 15 is 0 Å². The number of nitrogens with zero attached hydrogens (tertiary/aromatic N) is 2. The molecule has 154 valence electrons. The minimum Gasteiger partial charge on any atom is -0.480 e. The predicted molar refractivity (Wildman–Crippen MR) is 103 cm³/mol. The van der Waals surface area contributed by atoms with Crippen LogP contribution in [0, 0.1) is 5.92 Å². The summed E-state index contributed by atoms with van der Waals surface area (Å²) in [5.41, 5.74) is 0. The van der Waals surface area contributed by atoms with E-state index in [4.69, 9.17) is 5.11 Å². The lowest BCUT2D eigenvalue weighted by Gasteiger charge is -2.37. The summed E-state index contributed by atoms with van der Waals surface area (Å²) >= 11 is 0. The zero-order valence-corrected chi connectivity index (χ0v) is 16.8. The van der Waals surface area contributed by atoms with Crippen molar-refractivity contribution in [2.45, 2.75) is 77.3 Å². The molecule has 1 unspecified atom stereocenters. The van der Waals surface area contributed by atoms with Crippen LogP contribution < -0.4 is 5.32 Å². The molecular weight excluding hydrogens is 346 g/mol. The van der Waals surface area contributed by atoms with Gasteiger partial charge in [0.25, 0.3) is 0 Å². The molecule has 27 heavy (non-hydrogen) atoms. The Balaban J connectivity index is 1.73. The molecule has 0 bridgehead atoms. The van der Waals surface area contributed by atoms with Gasteiger partial charge >= 0.3 is 5.97 Å². The third-order valence-corrected chi connectivity index (χ3v) is 5.92. The van der Waals surface area contributed by atoms with Gasteiger partial charge in [0.1, 0.15) is 0 Å². The van der Waals surface area contributed by atoms with Gasteiger partial charge in [0.15, 0.2) is 0 Å². The van der Waals surface area contributed by atoms with Crippen LogP contribution in [0.1, 0.15) is 65.2 Å². The number of carboxylic acid groups (broad SMARTS) is 1. The number of piperidine rings is 1. The summed E-state index contributed by atoms with van der Waals surface area (Å²) in [7, 11) is 0. The van der Waals surface area contributed by atoms with Crippen molar-refractivity contribution in [1.82, 2.24) is 15.1 Å². The van der Waals surface area contributed by atoms with E-state index in [2.05, 4.69) is 5.32 Å². The molecule has 1 saturated carbocycles. The highest BCUT2D eigenvalue weighted by Gasteiger charge is 2.28. The molecule has 1 saturated heterocycles. The Kier molecular flexibility index (Phi) is 8.54. The SMILES string of the molecule is CCN(CC(=O)O)C1CCN(C(=O)CC(C)NC(=O)C2CCCCC2)CC1. The number of carbonyl (C=O) groups is 3. The first kappa shape index (κ1) is 21.7. The molecule has 2 aliphatic rings. The molecule has 2 fully saturated rings. The average molecular weight is 382 g/mol. The summed E-state index contributed by atoms with van der Waals surface area (Å²) in [4.78, 5) is 39.7. The normalized spacial score (nSPS) is 20.5. The van der Waals surface area contributed by atoms with Gasteiger partial charge in [-0.1, -0.05) is 26.2 Å². The number of carbonyl (C=O) groups excluding carboxylic acids is 2. The van der Waals surface area contributed by atoms with Gasteiger partial charge in [0.2, 0.25) is 11.8 Å². The van der Waals surface area contributed by atoms with Gasteiger partial charge in [-0.15, -0.1) is 0 Å². The van der Waals surface area contributed by atoms with E-state index in [0.29, 0.717) is 26.1 Å². The van der Waals surface area contributed by atoms with Crippen LogP contribution in [-0.2, 0) is 14.4 Å². The predicted octanol–water partition coefficient (Wildman–Crippen LogP) is 1.86. The molecule has 2 amide bonds. The lowest BCUT2D eigenvalue weighted by Crippen LogP contribution is -2.49. The first-order valence-corrected chi connectivity index (χ1v) is 10.4. The van der Waals surface area contributed by atoms with E-state index in [9.17, 15) is 14.4 Å². The van der Waals surface area contributed by atoms with E-state index in [-0.39, 0.29) is 36.4 Å². The minimum absolute atomic E-state index is 0.0549. The highest BCUT2D eigenvalue weighted by atomic mass is 16.4. The number of likely N-dealkylation sites (N-methyl/N-ethyl adjacent to an activating group) is 1. The first-order valence-electron chi connectivity index (χ1n) is 10.4. The maximum Gasteiger partial charge on any atom is 0.317 e. The number of amides is 2. The summed E-state index contributed by atoms with van der Waals surface area (Å²) in [5, 5.41) is 12.0. The van der Waals surface area contributed by atoms with Crippen LogP contribution in [0.3, 0.4) is 0 Å². The largest absolute Gasteiger partial charge is 0.480 e. The number of likely N-dealkylation sites (tertiary alicyclic amines) is 1. The van der Waals surface area contributed by atoms with Gasteiger partial charge in [-0.05, 0) is 39.2 Å². The van der Waals surface area contributed by atoms with Crippen LogP contribution in [-0.4, -0.2) is 71.0 Å². The fourth-order valence-corrected chi connectivity index (χ4v) is 4.32. The van der Waals surface area contributed by atoms with Gasteiger partial charge in [-0.2, -0.15) is 0 Å². The van der Waals surface area contributed by atoms with Gasteiger partial charge in [0, 0.05) is 37.5 Å². The fraction of sp³-hybridized carbons (Fsp3) is 0.850. The van der Waals surface area contributed by atoms with Crippen molar-refractivity contribution in [1.29, 1.82) is 0 Å². The second-order valence-electron chi connectivity index (χ2n) is 8.02. The molecule has 1 atom stereocenters. The number of hydrogen-bond acceptors (Lipinski definition) is 4. The van der Waals surface area contributed by atoms with Crippen molar-refractivity contribution < 1.29 is 19.5 Å². The molecule has 0 aromatic rings. The van der Waals surface area contributed by atoms with Gasteiger partial charge in [-0.25, -0.2) is 0 Å². The van der Waals surface area contributed by atoms with Crippen LogP contribution in [0.5, 0.6) is 0 Å². The fourth-order valence-electron chi connectivity index (χ4n) is 4.32. The molecule has 7 heteroatoms. The summed E-state index contributed by atoms with van der Waals surface area (Å²) in [5.74, 6) is -0.522. The Morgan fingerprint density at radius 3 is 2.30 bits per heavy atom. The smallest absolute Gasteiger partial charge is 0.317 e.